The molecule has 5 heteroatoms. The summed E-state index contributed by atoms with van der Waals surface area (Å²) >= 11 is 0. The second kappa shape index (κ2) is 17.0. The number of hydrogen-bond donors (Lipinski definition) is 0. The third-order valence-electron chi connectivity index (χ3n) is 4.78. The Hall–Kier alpha value is -1.39. The van der Waals surface area contributed by atoms with E-state index in [1.165, 1.54) is 14.2 Å². The maximum atomic E-state index is 11.9. The number of carbonyl (C=O) groups is 3. The van der Waals surface area contributed by atoms with Crippen LogP contribution in [0.5, 0.6) is 0 Å². The molecule has 0 amide bonds. The van der Waals surface area contributed by atoms with Gasteiger partial charge in [0, 0.05) is 12.8 Å². The Balaban J connectivity index is 3.73. The molecule has 0 saturated carbocycles. The van der Waals surface area contributed by atoms with Gasteiger partial charge in [-0.3, -0.25) is 9.59 Å². The molecule has 0 aliphatic carbocycles. The zero-order chi connectivity index (χ0) is 19.6. The van der Waals surface area contributed by atoms with E-state index in [9.17, 15) is 14.4 Å². The van der Waals surface area contributed by atoms with Gasteiger partial charge in [-0.25, -0.2) is 0 Å². The summed E-state index contributed by atoms with van der Waals surface area (Å²) in [6, 6.07) is 0. The fraction of sp³-hybridized carbons (Fsp3) is 0.857. The van der Waals surface area contributed by atoms with Crippen LogP contribution in [0, 0.1) is 5.92 Å². The van der Waals surface area contributed by atoms with Gasteiger partial charge in [0.2, 0.25) is 0 Å². The number of esters is 2. The Kier molecular flexibility index (Phi) is 16.1. The molecule has 0 aromatic rings. The van der Waals surface area contributed by atoms with Crippen molar-refractivity contribution in [3.8, 4) is 0 Å². The van der Waals surface area contributed by atoms with E-state index in [4.69, 9.17) is 4.74 Å². The minimum Gasteiger partial charge on any atom is -0.469 e. The van der Waals surface area contributed by atoms with Crippen molar-refractivity contribution in [1.82, 2.24) is 0 Å². The molecule has 1 unspecified atom stereocenters. The molecular formula is C21H38O5. The normalized spacial score (nSPS) is 11.8. The Morgan fingerprint density at radius 2 is 1.12 bits per heavy atom. The summed E-state index contributed by atoms with van der Waals surface area (Å²) in [5, 5.41) is 0. The highest BCUT2D eigenvalue weighted by Crippen LogP contribution is 2.20. The van der Waals surface area contributed by atoms with Crippen molar-refractivity contribution >= 4 is 17.7 Å². The summed E-state index contributed by atoms with van der Waals surface area (Å²) in [7, 11) is 2.88. The molecule has 0 saturated heterocycles. The lowest BCUT2D eigenvalue weighted by Crippen LogP contribution is -2.16. The third kappa shape index (κ3) is 14.9. The van der Waals surface area contributed by atoms with Crippen LogP contribution in [-0.2, 0) is 23.9 Å². The second-order valence-corrected chi connectivity index (χ2v) is 7.11. The number of ether oxygens (including phenoxy) is 2. The maximum Gasteiger partial charge on any atom is 0.308 e. The molecule has 1 atom stereocenters. The summed E-state index contributed by atoms with van der Waals surface area (Å²) in [5.41, 5.74) is 0. The Labute approximate surface area is 159 Å². The zero-order valence-corrected chi connectivity index (χ0v) is 17.0. The summed E-state index contributed by atoms with van der Waals surface area (Å²) in [6.45, 7) is 1.63. The minimum absolute atomic E-state index is 0.00660. The first-order chi connectivity index (χ1) is 12.5. The topological polar surface area (TPSA) is 69.7 Å². The standard InChI is InChI=1S/C21H38O5/c1-18(22)14-10-8-9-12-16-19(21(24)26-3)15-11-6-4-5-7-13-17-20(23)25-2/h19H,4-17H2,1-3H3. The van der Waals surface area contributed by atoms with Crippen LogP contribution in [-0.4, -0.2) is 31.9 Å². The first-order valence-electron chi connectivity index (χ1n) is 10.1. The molecule has 152 valence electrons. The fourth-order valence-corrected chi connectivity index (χ4v) is 3.13. The minimum atomic E-state index is -0.132. The highest BCUT2D eigenvalue weighted by atomic mass is 16.5. The van der Waals surface area contributed by atoms with Gasteiger partial charge in [0.15, 0.2) is 0 Å². The van der Waals surface area contributed by atoms with Crippen LogP contribution in [0.4, 0.5) is 0 Å². The van der Waals surface area contributed by atoms with Gasteiger partial charge < -0.3 is 14.3 Å². The first kappa shape index (κ1) is 24.6. The SMILES string of the molecule is COC(=O)CCCCCCCCC(CCCCCCC(C)=O)C(=O)OC. The molecule has 0 aliphatic rings. The van der Waals surface area contributed by atoms with Crippen LogP contribution in [0.3, 0.4) is 0 Å². The van der Waals surface area contributed by atoms with Gasteiger partial charge in [-0.05, 0) is 32.6 Å². The predicted octanol–water partition coefficient (Wildman–Crippen LogP) is 5.00. The molecule has 0 bridgehead atoms. The van der Waals surface area contributed by atoms with Crippen LogP contribution in [0.25, 0.3) is 0 Å². The molecule has 0 heterocycles. The molecule has 0 aromatic heterocycles. The van der Waals surface area contributed by atoms with E-state index >= 15 is 0 Å². The number of ketones is 1. The number of unbranched alkanes of at least 4 members (excludes halogenated alkanes) is 8. The molecule has 26 heavy (non-hydrogen) atoms. The molecule has 0 aliphatic heterocycles. The molecule has 0 spiro atoms. The third-order valence-corrected chi connectivity index (χ3v) is 4.78. The van der Waals surface area contributed by atoms with Gasteiger partial charge in [0.05, 0.1) is 20.1 Å². The average molecular weight is 371 g/mol. The van der Waals surface area contributed by atoms with E-state index in [2.05, 4.69) is 4.74 Å². The lowest BCUT2D eigenvalue weighted by atomic mass is 9.94. The van der Waals surface area contributed by atoms with Crippen molar-refractivity contribution in [2.75, 3.05) is 14.2 Å². The highest BCUT2D eigenvalue weighted by Gasteiger charge is 2.18. The van der Waals surface area contributed by atoms with Crippen molar-refractivity contribution in [3.05, 3.63) is 0 Å². The summed E-state index contributed by atoms with van der Waals surface area (Å²) < 4.78 is 9.56. The van der Waals surface area contributed by atoms with Crippen LogP contribution in [0.2, 0.25) is 0 Å². The van der Waals surface area contributed by atoms with E-state index in [0.29, 0.717) is 12.8 Å². The van der Waals surface area contributed by atoms with Gasteiger partial charge in [-0.1, -0.05) is 51.4 Å². The van der Waals surface area contributed by atoms with E-state index in [0.717, 1.165) is 77.0 Å². The maximum absolute atomic E-state index is 11.9. The van der Waals surface area contributed by atoms with Crippen LogP contribution in [0.1, 0.15) is 96.8 Å². The van der Waals surface area contributed by atoms with E-state index < -0.39 is 0 Å². The number of hydrogen-bond acceptors (Lipinski definition) is 5. The molecule has 0 rings (SSSR count). The zero-order valence-electron chi connectivity index (χ0n) is 17.0. The smallest absolute Gasteiger partial charge is 0.308 e. The Morgan fingerprint density at radius 3 is 1.58 bits per heavy atom. The molecule has 0 fully saturated rings. The molecule has 0 radical (unpaired) electrons. The second-order valence-electron chi connectivity index (χ2n) is 7.11. The first-order valence-corrected chi connectivity index (χ1v) is 10.1. The van der Waals surface area contributed by atoms with Crippen molar-refractivity contribution < 1.29 is 23.9 Å². The molecular weight excluding hydrogens is 332 g/mol. The number of Topliss-reactive ketones (excluding diaryl/α,β-unsaturated/α-hetero) is 1. The monoisotopic (exact) mass is 370 g/mol. The quantitative estimate of drug-likeness (QED) is 0.266. The Bertz CT molecular complexity index is 392. The van der Waals surface area contributed by atoms with Crippen molar-refractivity contribution in [1.29, 1.82) is 0 Å². The number of carbonyl (C=O) groups excluding carboxylic acids is 3. The van der Waals surface area contributed by atoms with Gasteiger partial charge in [0.25, 0.3) is 0 Å². The van der Waals surface area contributed by atoms with E-state index in [1.54, 1.807) is 6.92 Å². The van der Waals surface area contributed by atoms with Crippen molar-refractivity contribution in [2.24, 2.45) is 5.92 Å². The predicted molar refractivity (Wildman–Crippen MR) is 103 cm³/mol. The van der Waals surface area contributed by atoms with Crippen LogP contribution in [0.15, 0.2) is 0 Å². The lowest BCUT2D eigenvalue weighted by molar-refractivity contribution is -0.146. The van der Waals surface area contributed by atoms with Gasteiger partial charge in [-0.15, -0.1) is 0 Å². The van der Waals surface area contributed by atoms with Gasteiger partial charge in [-0.2, -0.15) is 0 Å². The van der Waals surface area contributed by atoms with E-state index in [-0.39, 0.29) is 23.6 Å². The summed E-state index contributed by atoms with van der Waals surface area (Å²) in [4.78, 5) is 33.8. The largest absolute Gasteiger partial charge is 0.469 e. The van der Waals surface area contributed by atoms with Crippen LogP contribution < -0.4 is 0 Å². The van der Waals surface area contributed by atoms with Crippen molar-refractivity contribution in [2.45, 2.75) is 96.8 Å². The number of rotatable bonds is 17. The van der Waals surface area contributed by atoms with Crippen molar-refractivity contribution in [3.63, 3.8) is 0 Å². The Morgan fingerprint density at radius 1 is 0.654 bits per heavy atom. The summed E-state index contributed by atoms with van der Waals surface area (Å²) in [6.07, 6.45) is 13.4. The molecule has 0 N–H and O–H groups in total. The molecule has 0 aromatic carbocycles. The fourth-order valence-electron chi connectivity index (χ4n) is 3.13. The highest BCUT2D eigenvalue weighted by molar-refractivity contribution is 5.75. The van der Waals surface area contributed by atoms with Crippen LogP contribution >= 0.6 is 0 Å². The van der Waals surface area contributed by atoms with Gasteiger partial charge >= 0.3 is 11.9 Å². The summed E-state index contributed by atoms with van der Waals surface area (Å²) in [5.74, 6) is 0.0360. The van der Waals surface area contributed by atoms with E-state index in [1.807, 2.05) is 0 Å². The average Bonchev–Trinajstić information content (AvgIpc) is 2.63. The lowest BCUT2D eigenvalue weighted by Gasteiger charge is -2.14. The van der Waals surface area contributed by atoms with Gasteiger partial charge in [0.1, 0.15) is 5.78 Å². The molecule has 5 nitrogen and oxygen atoms in total. The number of methoxy groups -OCH3 is 2.